The lowest BCUT2D eigenvalue weighted by Gasteiger charge is -2.12. The number of rotatable bonds is 5. The lowest BCUT2D eigenvalue weighted by molar-refractivity contribution is 0.927. The molecule has 0 saturated heterocycles. The molecular formula is C28H21N3O. The maximum Gasteiger partial charge on any atom is 0.278 e. The number of benzene rings is 3. The fourth-order valence-electron chi connectivity index (χ4n) is 3.73. The number of nitrogens with zero attached hydrogens (tertiary/aromatic N) is 3. The van der Waals surface area contributed by atoms with Crippen molar-refractivity contribution in [3.05, 3.63) is 136 Å². The summed E-state index contributed by atoms with van der Waals surface area (Å²) in [5.41, 5.74) is 5.55. The lowest BCUT2D eigenvalue weighted by atomic mass is 10.1. The molecule has 0 N–H and O–H groups in total. The first-order valence-electron chi connectivity index (χ1n) is 10.5. The Balaban J connectivity index is 1.61. The van der Waals surface area contributed by atoms with Gasteiger partial charge < -0.3 is 0 Å². The van der Waals surface area contributed by atoms with Gasteiger partial charge in [-0.3, -0.25) is 9.36 Å². The van der Waals surface area contributed by atoms with E-state index in [1.165, 1.54) is 0 Å². The van der Waals surface area contributed by atoms with Gasteiger partial charge in [-0.1, -0.05) is 84.9 Å². The van der Waals surface area contributed by atoms with Crippen LogP contribution in [0.4, 0.5) is 0 Å². The van der Waals surface area contributed by atoms with E-state index in [9.17, 15) is 4.79 Å². The fraction of sp³-hybridized carbons (Fsp3) is 0.0357. The SMILES string of the molecule is O=c1c(Cc2ccccc2)nc2cccnc2n1-c1cccc(/C=C/c2ccccc2)c1. The molecule has 0 unspecified atom stereocenters. The Labute approximate surface area is 186 Å². The van der Waals surface area contributed by atoms with Crippen LogP contribution in [0.15, 0.2) is 108 Å². The molecule has 0 aliphatic heterocycles. The monoisotopic (exact) mass is 415 g/mol. The highest BCUT2D eigenvalue weighted by molar-refractivity contribution is 5.74. The van der Waals surface area contributed by atoms with E-state index in [1.54, 1.807) is 10.8 Å². The zero-order chi connectivity index (χ0) is 21.8. The van der Waals surface area contributed by atoms with Crippen molar-refractivity contribution in [3.63, 3.8) is 0 Å². The summed E-state index contributed by atoms with van der Waals surface area (Å²) in [6.07, 6.45) is 6.27. The lowest BCUT2D eigenvalue weighted by Crippen LogP contribution is -2.25. The fourth-order valence-corrected chi connectivity index (χ4v) is 3.73. The van der Waals surface area contributed by atoms with E-state index in [1.807, 2.05) is 91.0 Å². The molecule has 0 bridgehead atoms. The van der Waals surface area contributed by atoms with E-state index in [-0.39, 0.29) is 5.56 Å². The Bertz CT molecular complexity index is 1460. The van der Waals surface area contributed by atoms with Gasteiger partial charge in [0.25, 0.3) is 5.56 Å². The second-order valence-electron chi connectivity index (χ2n) is 7.55. The predicted octanol–water partition coefficient (Wildman–Crippen LogP) is 5.54. The van der Waals surface area contributed by atoms with E-state index in [0.717, 1.165) is 22.4 Å². The van der Waals surface area contributed by atoms with E-state index >= 15 is 0 Å². The van der Waals surface area contributed by atoms with Crippen molar-refractivity contribution in [2.45, 2.75) is 6.42 Å². The highest BCUT2D eigenvalue weighted by atomic mass is 16.1. The third kappa shape index (κ3) is 4.12. The molecule has 0 amide bonds. The van der Waals surface area contributed by atoms with Crippen LogP contribution in [0.2, 0.25) is 0 Å². The summed E-state index contributed by atoms with van der Waals surface area (Å²) in [6.45, 7) is 0. The van der Waals surface area contributed by atoms with Crippen LogP contribution in [0, 0.1) is 0 Å². The van der Waals surface area contributed by atoms with Gasteiger partial charge in [0, 0.05) is 12.6 Å². The zero-order valence-electron chi connectivity index (χ0n) is 17.4. The van der Waals surface area contributed by atoms with Gasteiger partial charge in [0.2, 0.25) is 0 Å². The molecule has 0 radical (unpaired) electrons. The van der Waals surface area contributed by atoms with E-state index in [2.05, 4.69) is 28.2 Å². The number of fused-ring (bicyclic) bond motifs is 1. The molecule has 32 heavy (non-hydrogen) atoms. The van der Waals surface area contributed by atoms with Crippen molar-refractivity contribution < 1.29 is 0 Å². The van der Waals surface area contributed by atoms with Crippen LogP contribution in [0.5, 0.6) is 0 Å². The Hall–Kier alpha value is -4.31. The molecule has 0 atom stereocenters. The molecule has 0 aliphatic carbocycles. The normalized spacial score (nSPS) is 11.2. The summed E-state index contributed by atoms with van der Waals surface area (Å²) in [5.74, 6) is 0. The molecule has 0 aliphatic rings. The summed E-state index contributed by atoms with van der Waals surface area (Å²) in [5, 5.41) is 0. The molecule has 154 valence electrons. The van der Waals surface area contributed by atoms with Crippen molar-refractivity contribution in [1.29, 1.82) is 0 Å². The first kappa shape index (κ1) is 19.6. The quantitative estimate of drug-likeness (QED) is 0.354. The van der Waals surface area contributed by atoms with E-state index in [0.29, 0.717) is 23.3 Å². The number of hydrogen-bond donors (Lipinski definition) is 0. The van der Waals surface area contributed by atoms with Gasteiger partial charge in [0.1, 0.15) is 11.2 Å². The van der Waals surface area contributed by atoms with Crippen LogP contribution in [0.1, 0.15) is 22.4 Å². The molecule has 3 aromatic carbocycles. The minimum atomic E-state index is -0.149. The average molecular weight is 415 g/mol. The third-order valence-corrected chi connectivity index (χ3v) is 5.29. The van der Waals surface area contributed by atoms with Crippen LogP contribution in [0.25, 0.3) is 29.0 Å². The molecule has 0 fully saturated rings. The smallest absolute Gasteiger partial charge is 0.267 e. The second kappa shape index (κ2) is 8.82. The van der Waals surface area contributed by atoms with Crippen LogP contribution in [-0.4, -0.2) is 14.5 Å². The minimum absolute atomic E-state index is 0.149. The molecule has 2 aromatic heterocycles. The van der Waals surface area contributed by atoms with Crippen LogP contribution in [-0.2, 0) is 6.42 Å². The van der Waals surface area contributed by atoms with Crippen LogP contribution >= 0.6 is 0 Å². The van der Waals surface area contributed by atoms with Gasteiger partial charge in [-0.2, -0.15) is 0 Å². The van der Waals surface area contributed by atoms with Crippen molar-refractivity contribution >= 4 is 23.3 Å². The summed E-state index contributed by atoms with van der Waals surface area (Å²) in [6, 6.07) is 31.7. The topological polar surface area (TPSA) is 47.8 Å². The molecule has 2 heterocycles. The number of aromatic nitrogens is 3. The van der Waals surface area contributed by atoms with Crippen LogP contribution < -0.4 is 5.56 Å². The standard InChI is InChI=1S/C28H21N3O/c32-28-26(20-22-11-5-2-6-12-22)30-25-15-8-18-29-27(25)31(28)24-14-7-13-23(19-24)17-16-21-9-3-1-4-10-21/h1-19H,20H2/b17-16+. The highest BCUT2D eigenvalue weighted by Crippen LogP contribution is 2.17. The van der Waals surface area contributed by atoms with Gasteiger partial charge in [-0.05, 0) is 41.0 Å². The molecule has 0 spiro atoms. The molecule has 4 heteroatoms. The highest BCUT2D eigenvalue weighted by Gasteiger charge is 2.14. The Kier molecular flexibility index (Phi) is 5.41. The number of pyridine rings is 1. The van der Waals surface area contributed by atoms with Crippen molar-refractivity contribution in [2.75, 3.05) is 0 Å². The first-order chi connectivity index (χ1) is 15.8. The summed E-state index contributed by atoms with van der Waals surface area (Å²) in [4.78, 5) is 22.6. The summed E-state index contributed by atoms with van der Waals surface area (Å²) >= 11 is 0. The molecule has 4 nitrogen and oxygen atoms in total. The maximum atomic E-state index is 13.5. The Morgan fingerprint density at radius 2 is 1.47 bits per heavy atom. The molecular weight excluding hydrogens is 394 g/mol. The minimum Gasteiger partial charge on any atom is -0.267 e. The zero-order valence-corrected chi connectivity index (χ0v) is 17.4. The van der Waals surface area contributed by atoms with Gasteiger partial charge in [0.05, 0.1) is 5.69 Å². The summed E-state index contributed by atoms with van der Waals surface area (Å²) < 4.78 is 1.67. The second-order valence-corrected chi connectivity index (χ2v) is 7.55. The Morgan fingerprint density at radius 1 is 0.750 bits per heavy atom. The third-order valence-electron chi connectivity index (χ3n) is 5.29. The van der Waals surface area contributed by atoms with Gasteiger partial charge in [-0.15, -0.1) is 0 Å². The van der Waals surface area contributed by atoms with Crippen molar-refractivity contribution in [2.24, 2.45) is 0 Å². The van der Waals surface area contributed by atoms with E-state index in [4.69, 9.17) is 0 Å². The van der Waals surface area contributed by atoms with Crippen molar-refractivity contribution in [3.8, 4) is 5.69 Å². The Morgan fingerprint density at radius 3 is 2.28 bits per heavy atom. The predicted molar refractivity (Wildman–Crippen MR) is 130 cm³/mol. The van der Waals surface area contributed by atoms with Gasteiger partial charge in [-0.25, -0.2) is 9.97 Å². The molecule has 5 rings (SSSR count). The maximum absolute atomic E-state index is 13.5. The van der Waals surface area contributed by atoms with Gasteiger partial charge >= 0.3 is 0 Å². The first-order valence-corrected chi connectivity index (χ1v) is 10.5. The molecule has 5 aromatic rings. The summed E-state index contributed by atoms with van der Waals surface area (Å²) in [7, 11) is 0. The molecule has 0 saturated carbocycles. The van der Waals surface area contributed by atoms with Crippen LogP contribution in [0.3, 0.4) is 0 Å². The average Bonchev–Trinajstić information content (AvgIpc) is 2.85. The largest absolute Gasteiger partial charge is 0.278 e. The van der Waals surface area contributed by atoms with Gasteiger partial charge in [0.15, 0.2) is 5.65 Å². The van der Waals surface area contributed by atoms with E-state index < -0.39 is 0 Å². The number of hydrogen-bond acceptors (Lipinski definition) is 3. The van der Waals surface area contributed by atoms with Crippen molar-refractivity contribution in [1.82, 2.24) is 14.5 Å².